The number of benzene rings is 6. The van der Waals surface area contributed by atoms with Crippen molar-refractivity contribution in [3.63, 3.8) is 0 Å². The number of hydrogen-bond donors (Lipinski definition) is 0. The van der Waals surface area contributed by atoms with Gasteiger partial charge in [-0.2, -0.15) is 0 Å². The first-order valence-electron chi connectivity index (χ1n) is 12.6. The SMILES string of the molecule is c1ccc(-c2ccc3c(c2)Oc2c4c(c5ccccc5c2=N3)=Nc2ccc(-c3ccccc3)cc2O4)cc1. The molecule has 178 valence electrons. The maximum Gasteiger partial charge on any atom is 0.198 e. The molecule has 0 aromatic heterocycles. The zero-order valence-corrected chi connectivity index (χ0v) is 20.3. The second-order valence-corrected chi connectivity index (χ2v) is 9.43. The predicted molar refractivity (Wildman–Crippen MR) is 149 cm³/mol. The summed E-state index contributed by atoms with van der Waals surface area (Å²) in [7, 11) is 0. The van der Waals surface area contributed by atoms with Gasteiger partial charge in [0.15, 0.2) is 23.0 Å². The minimum Gasteiger partial charge on any atom is -0.449 e. The van der Waals surface area contributed by atoms with E-state index < -0.39 is 0 Å². The molecule has 0 unspecified atom stereocenters. The molecule has 6 aromatic rings. The minimum atomic E-state index is 0.593. The lowest BCUT2D eigenvalue weighted by Gasteiger charge is -2.22. The molecule has 0 bridgehead atoms. The van der Waals surface area contributed by atoms with Crippen LogP contribution in [0.2, 0.25) is 0 Å². The van der Waals surface area contributed by atoms with E-state index in [1.54, 1.807) is 0 Å². The summed E-state index contributed by atoms with van der Waals surface area (Å²) in [5, 5.41) is 3.49. The molecule has 0 atom stereocenters. The van der Waals surface area contributed by atoms with E-state index in [0.717, 1.165) is 55.1 Å². The average molecular weight is 489 g/mol. The van der Waals surface area contributed by atoms with Gasteiger partial charge in [-0.1, -0.05) is 97.1 Å². The lowest BCUT2D eigenvalue weighted by Crippen LogP contribution is -2.21. The van der Waals surface area contributed by atoms with Crippen LogP contribution >= 0.6 is 0 Å². The first-order chi connectivity index (χ1) is 18.8. The highest BCUT2D eigenvalue weighted by Gasteiger charge is 2.26. The van der Waals surface area contributed by atoms with Crippen LogP contribution in [0.5, 0.6) is 23.0 Å². The molecule has 4 nitrogen and oxygen atoms in total. The summed E-state index contributed by atoms with van der Waals surface area (Å²) in [4.78, 5) is 10.1. The molecule has 38 heavy (non-hydrogen) atoms. The second kappa shape index (κ2) is 8.15. The lowest BCUT2D eigenvalue weighted by atomic mass is 10.0. The van der Waals surface area contributed by atoms with Gasteiger partial charge in [-0.25, -0.2) is 9.98 Å². The highest BCUT2D eigenvalue weighted by atomic mass is 16.5. The van der Waals surface area contributed by atoms with Crippen LogP contribution in [0.3, 0.4) is 0 Å². The van der Waals surface area contributed by atoms with E-state index in [9.17, 15) is 0 Å². The van der Waals surface area contributed by atoms with Crippen molar-refractivity contribution < 1.29 is 9.47 Å². The summed E-state index contributed by atoms with van der Waals surface area (Å²) in [6.07, 6.45) is 0. The first-order valence-corrected chi connectivity index (χ1v) is 12.6. The number of rotatable bonds is 2. The summed E-state index contributed by atoms with van der Waals surface area (Å²) >= 11 is 0. The van der Waals surface area contributed by atoms with Crippen molar-refractivity contribution in [2.75, 3.05) is 0 Å². The van der Waals surface area contributed by atoms with E-state index in [1.807, 2.05) is 72.8 Å². The van der Waals surface area contributed by atoms with Crippen LogP contribution in [-0.2, 0) is 0 Å². The highest BCUT2D eigenvalue weighted by molar-refractivity contribution is 5.88. The predicted octanol–water partition coefficient (Wildman–Crippen LogP) is 8.29. The summed E-state index contributed by atoms with van der Waals surface area (Å²) < 4.78 is 13.2. The molecular weight excluding hydrogens is 468 g/mol. The molecule has 0 saturated carbocycles. The summed E-state index contributed by atoms with van der Waals surface area (Å²) in [6.45, 7) is 0. The molecule has 2 aliphatic rings. The van der Waals surface area contributed by atoms with Crippen molar-refractivity contribution in [2.24, 2.45) is 9.98 Å². The van der Waals surface area contributed by atoms with Gasteiger partial charge in [-0.05, 0) is 46.5 Å². The largest absolute Gasteiger partial charge is 0.449 e. The standard InChI is InChI=1S/C34H20N2O2/c1-3-9-21(10-4-1)23-15-17-27-29(19-23)37-33-31(35-27)25-13-7-8-14-26(25)32-34(33)38-30-20-24(16-18-28(30)36-32)22-11-5-2-6-12-22/h1-20H. The van der Waals surface area contributed by atoms with Gasteiger partial charge < -0.3 is 9.47 Å². The van der Waals surface area contributed by atoms with Crippen molar-refractivity contribution in [1.82, 2.24) is 0 Å². The topological polar surface area (TPSA) is 43.2 Å². The van der Waals surface area contributed by atoms with Gasteiger partial charge in [0.25, 0.3) is 0 Å². The fraction of sp³-hybridized carbons (Fsp3) is 0. The van der Waals surface area contributed by atoms with E-state index in [4.69, 9.17) is 19.5 Å². The molecule has 0 aliphatic carbocycles. The van der Waals surface area contributed by atoms with Crippen LogP contribution in [0.15, 0.2) is 131 Å². The van der Waals surface area contributed by atoms with Crippen molar-refractivity contribution in [3.05, 3.63) is 132 Å². The Bertz CT molecular complexity index is 1870. The van der Waals surface area contributed by atoms with Crippen LogP contribution in [0.4, 0.5) is 11.4 Å². The van der Waals surface area contributed by atoms with E-state index in [-0.39, 0.29) is 0 Å². The molecule has 0 amide bonds. The third-order valence-corrected chi connectivity index (χ3v) is 7.10. The Labute approximate surface area is 218 Å². The van der Waals surface area contributed by atoms with E-state index in [2.05, 4.69) is 48.5 Å². The molecule has 0 spiro atoms. The Morgan fingerprint density at radius 1 is 0.395 bits per heavy atom. The lowest BCUT2D eigenvalue weighted by molar-refractivity contribution is 0.406. The van der Waals surface area contributed by atoms with Gasteiger partial charge in [0.05, 0.1) is 0 Å². The molecule has 6 aromatic carbocycles. The van der Waals surface area contributed by atoms with E-state index in [1.165, 1.54) is 0 Å². The third-order valence-electron chi connectivity index (χ3n) is 7.10. The van der Waals surface area contributed by atoms with Gasteiger partial charge in [-0.15, -0.1) is 0 Å². The fourth-order valence-electron chi connectivity index (χ4n) is 5.22. The Morgan fingerprint density at radius 2 is 0.816 bits per heavy atom. The molecule has 2 aliphatic heterocycles. The maximum absolute atomic E-state index is 6.60. The molecular formula is C34H20N2O2. The van der Waals surface area contributed by atoms with Gasteiger partial charge in [0.2, 0.25) is 0 Å². The molecule has 0 radical (unpaired) electrons. The summed E-state index contributed by atoms with van der Waals surface area (Å²) in [6, 6.07) is 41.0. The van der Waals surface area contributed by atoms with Crippen LogP contribution in [0.1, 0.15) is 0 Å². The summed E-state index contributed by atoms with van der Waals surface area (Å²) in [5.41, 5.74) is 5.98. The highest BCUT2D eigenvalue weighted by Crippen LogP contribution is 2.45. The maximum atomic E-state index is 6.60. The molecule has 2 heterocycles. The number of nitrogens with zero attached hydrogens (tertiary/aromatic N) is 2. The number of ether oxygens (including phenoxy) is 2. The third kappa shape index (κ3) is 3.24. The minimum absolute atomic E-state index is 0.593. The molecule has 8 rings (SSSR count). The Balaban J connectivity index is 1.34. The Morgan fingerprint density at radius 3 is 1.26 bits per heavy atom. The van der Waals surface area contributed by atoms with Crippen LogP contribution < -0.4 is 20.2 Å². The average Bonchev–Trinajstić information content (AvgIpc) is 3.00. The Kier molecular flexibility index (Phi) is 4.49. The van der Waals surface area contributed by atoms with Crippen molar-refractivity contribution in [1.29, 1.82) is 0 Å². The zero-order valence-electron chi connectivity index (χ0n) is 20.3. The molecule has 0 fully saturated rings. The fourth-order valence-corrected chi connectivity index (χ4v) is 5.22. The Hall–Kier alpha value is -5.22. The van der Waals surface area contributed by atoms with Crippen molar-refractivity contribution >= 4 is 22.1 Å². The second-order valence-electron chi connectivity index (χ2n) is 9.43. The van der Waals surface area contributed by atoms with Gasteiger partial charge in [-0.3, -0.25) is 0 Å². The van der Waals surface area contributed by atoms with Crippen LogP contribution in [0.25, 0.3) is 33.0 Å². The molecule has 4 heteroatoms. The van der Waals surface area contributed by atoms with Crippen molar-refractivity contribution in [3.8, 4) is 45.3 Å². The van der Waals surface area contributed by atoms with E-state index >= 15 is 0 Å². The number of hydrogen-bond acceptors (Lipinski definition) is 4. The van der Waals surface area contributed by atoms with Crippen LogP contribution in [-0.4, -0.2) is 0 Å². The monoisotopic (exact) mass is 488 g/mol. The molecule has 0 N–H and O–H groups in total. The first kappa shape index (κ1) is 20.9. The quantitative estimate of drug-likeness (QED) is 0.246. The van der Waals surface area contributed by atoms with Gasteiger partial charge in [0.1, 0.15) is 22.1 Å². The normalized spacial score (nSPS) is 12.5. The summed E-state index contributed by atoms with van der Waals surface area (Å²) in [5.74, 6) is 2.58. The van der Waals surface area contributed by atoms with Crippen molar-refractivity contribution in [2.45, 2.75) is 0 Å². The number of fused-ring (bicyclic) bond motifs is 8. The smallest absolute Gasteiger partial charge is 0.198 e. The van der Waals surface area contributed by atoms with Gasteiger partial charge in [0, 0.05) is 10.8 Å². The van der Waals surface area contributed by atoms with E-state index in [0.29, 0.717) is 23.0 Å². The van der Waals surface area contributed by atoms with Crippen LogP contribution in [0, 0.1) is 0 Å². The van der Waals surface area contributed by atoms with Gasteiger partial charge >= 0.3 is 0 Å². The zero-order chi connectivity index (χ0) is 25.1. The molecule has 0 saturated heterocycles.